The van der Waals surface area contributed by atoms with Gasteiger partial charge in [0.15, 0.2) is 10.8 Å². The zero-order chi connectivity index (χ0) is 17.1. The predicted molar refractivity (Wildman–Crippen MR) is 86.8 cm³/mol. The van der Waals surface area contributed by atoms with Gasteiger partial charge in [0.05, 0.1) is 24.2 Å². The maximum atomic E-state index is 13.5. The van der Waals surface area contributed by atoms with Crippen LogP contribution in [-0.2, 0) is 6.54 Å². The van der Waals surface area contributed by atoms with Crippen molar-refractivity contribution in [2.45, 2.75) is 13.5 Å². The number of hydrogen-bond acceptors (Lipinski definition) is 4. The third-order valence-corrected chi connectivity index (χ3v) is 4.38. The third kappa shape index (κ3) is 3.60. The number of carbonyl (C=O) groups is 1. The van der Waals surface area contributed by atoms with Gasteiger partial charge >= 0.3 is 6.03 Å². The van der Waals surface area contributed by atoms with Crippen LogP contribution in [0.1, 0.15) is 10.6 Å². The van der Waals surface area contributed by atoms with Crippen LogP contribution >= 0.6 is 11.3 Å². The van der Waals surface area contributed by atoms with Gasteiger partial charge in [0, 0.05) is 10.9 Å². The van der Waals surface area contributed by atoms with Crippen LogP contribution < -0.4 is 10.6 Å². The molecule has 1 aromatic carbocycles. The Balaban J connectivity index is 1.63. The summed E-state index contributed by atoms with van der Waals surface area (Å²) < 4.78 is 31.9. The summed E-state index contributed by atoms with van der Waals surface area (Å²) in [6, 6.07) is 5.79. The van der Waals surface area contributed by atoms with Crippen molar-refractivity contribution in [2.24, 2.45) is 0 Å². The van der Waals surface area contributed by atoms with Gasteiger partial charge < -0.3 is 15.1 Å². The molecule has 2 amide bonds. The number of benzene rings is 1. The Kier molecular flexibility index (Phi) is 4.57. The summed E-state index contributed by atoms with van der Waals surface area (Å²) in [6.07, 6.45) is 1.56. The maximum absolute atomic E-state index is 13.5. The highest BCUT2D eigenvalue weighted by molar-refractivity contribution is 7.15. The molecule has 0 aliphatic rings. The van der Waals surface area contributed by atoms with E-state index >= 15 is 0 Å². The third-order valence-electron chi connectivity index (χ3n) is 3.21. The number of anilines is 1. The van der Waals surface area contributed by atoms with E-state index in [0.29, 0.717) is 10.8 Å². The van der Waals surface area contributed by atoms with Crippen LogP contribution in [0.25, 0.3) is 10.8 Å². The summed E-state index contributed by atoms with van der Waals surface area (Å²) >= 11 is 1.39. The number of hydrogen-bond donors (Lipinski definition) is 2. The quantitative estimate of drug-likeness (QED) is 0.737. The summed E-state index contributed by atoms with van der Waals surface area (Å²) in [5.74, 6) is -0.686. The van der Waals surface area contributed by atoms with Gasteiger partial charge in [0.25, 0.3) is 0 Å². The number of nitrogens with zero attached hydrogens (tertiary/aromatic N) is 1. The second-order valence-electron chi connectivity index (χ2n) is 4.94. The molecule has 2 aromatic heterocycles. The summed E-state index contributed by atoms with van der Waals surface area (Å²) in [5, 5.41) is 5.58. The fraction of sp³-hybridized carbons (Fsp3) is 0.125. The lowest BCUT2D eigenvalue weighted by Gasteiger charge is -2.08. The van der Waals surface area contributed by atoms with Crippen LogP contribution in [0.15, 0.2) is 41.0 Å². The van der Waals surface area contributed by atoms with Crippen LogP contribution in [-0.4, -0.2) is 11.0 Å². The molecule has 24 heavy (non-hydrogen) atoms. The van der Waals surface area contributed by atoms with E-state index in [0.717, 1.165) is 28.8 Å². The number of carbonyl (C=O) groups excluding carboxylic acids is 1. The lowest BCUT2D eigenvalue weighted by molar-refractivity contribution is 0.251. The molecule has 5 nitrogen and oxygen atoms in total. The van der Waals surface area contributed by atoms with Gasteiger partial charge in [-0.2, -0.15) is 0 Å². The van der Waals surface area contributed by atoms with Crippen molar-refractivity contribution in [1.29, 1.82) is 0 Å². The standard InChI is InChI=1S/C16H13F2N3O2S/c1-9-14(24-15(20-9)13-3-2-6-23-13)8-19-16(22)21-12-7-10(17)4-5-11(12)18/h2-7H,8H2,1H3,(H2,19,21,22). The SMILES string of the molecule is Cc1nc(-c2ccco2)sc1CNC(=O)Nc1cc(F)ccc1F. The molecule has 0 aliphatic carbocycles. The zero-order valence-corrected chi connectivity index (χ0v) is 13.4. The molecule has 0 saturated carbocycles. The van der Waals surface area contributed by atoms with Crippen LogP contribution in [0, 0.1) is 18.6 Å². The van der Waals surface area contributed by atoms with Gasteiger partial charge in [-0.3, -0.25) is 0 Å². The molecular weight excluding hydrogens is 336 g/mol. The fourth-order valence-corrected chi connectivity index (χ4v) is 2.99. The number of halogens is 2. The second kappa shape index (κ2) is 6.79. The van der Waals surface area contributed by atoms with Gasteiger partial charge in [-0.05, 0) is 31.2 Å². The van der Waals surface area contributed by atoms with E-state index in [9.17, 15) is 13.6 Å². The minimum Gasteiger partial charge on any atom is -0.462 e. The number of aromatic nitrogens is 1. The number of nitrogens with one attached hydrogen (secondary N) is 2. The molecule has 0 spiro atoms. The van der Waals surface area contributed by atoms with Crippen LogP contribution in [0.4, 0.5) is 19.3 Å². The van der Waals surface area contributed by atoms with Crippen molar-refractivity contribution in [3.05, 3.63) is 58.8 Å². The first-order valence-electron chi connectivity index (χ1n) is 7.03. The Bertz CT molecular complexity index is 862. The van der Waals surface area contributed by atoms with Gasteiger partial charge in [0.1, 0.15) is 11.6 Å². The molecule has 2 N–H and O–H groups in total. The largest absolute Gasteiger partial charge is 0.462 e. The summed E-state index contributed by atoms with van der Waals surface area (Å²) in [4.78, 5) is 17.1. The fourth-order valence-electron chi connectivity index (χ4n) is 2.02. The van der Waals surface area contributed by atoms with Gasteiger partial charge in [-0.1, -0.05) is 0 Å². The Morgan fingerprint density at radius 1 is 1.33 bits per heavy atom. The highest BCUT2D eigenvalue weighted by Gasteiger charge is 2.13. The molecule has 0 aliphatic heterocycles. The van der Waals surface area contributed by atoms with Crippen molar-refractivity contribution < 1.29 is 18.0 Å². The second-order valence-corrected chi connectivity index (χ2v) is 6.02. The van der Waals surface area contributed by atoms with Crippen molar-refractivity contribution in [2.75, 3.05) is 5.32 Å². The lowest BCUT2D eigenvalue weighted by atomic mass is 10.3. The summed E-state index contributed by atoms with van der Waals surface area (Å²) in [5.41, 5.74) is 0.549. The molecule has 0 fully saturated rings. The van der Waals surface area contributed by atoms with Crippen molar-refractivity contribution in [3.8, 4) is 10.8 Å². The molecule has 3 aromatic rings. The molecule has 2 heterocycles. The van der Waals surface area contributed by atoms with E-state index in [2.05, 4.69) is 15.6 Å². The number of rotatable bonds is 4. The first kappa shape index (κ1) is 16.1. The first-order valence-corrected chi connectivity index (χ1v) is 7.84. The number of urea groups is 1. The Morgan fingerprint density at radius 2 is 2.17 bits per heavy atom. The molecule has 0 atom stereocenters. The molecular formula is C16H13F2N3O2S. The van der Waals surface area contributed by atoms with Crippen LogP contribution in [0.2, 0.25) is 0 Å². The molecule has 0 saturated heterocycles. The average Bonchev–Trinajstić information content (AvgIpc) is 3.18. The zero-order valence-electron chi connectivity index (χ0n) is 12.6. The minimum atomic E-state index is -0.708. The van der Waals surface area contributed by atoms with E-state index < -0.39 is 17.7 Å². The van der Waals surface area contributed by atoms with Crippen molar-refractivity contribution in [1.82, 2.24) is 10.3 Å². The molecule has 124 valence electrons. The molecule has 8 heteroatoms. The van der Waals surface area contributed by atoms with Crippen molar-refractivity contribution >= 4 is 23.1 Å². The first-order chi connectivity index (χ1) is 11.5. The smallest absolute Gasteiger partial charge is 0.319 e. The van der Waals surface area contributed by atoms with Crippen LogP contribution in [0.5, 0.6) is 0 Å². The van der Waals surface area contributed by atoms with E-state index in [1.807, 2.05) is 6.92 Å². The van der Waals surface area contributed by atoms with Gasteiger partial charge in [-0.25, -0.2) is 18.6 Å². The molecule has 3 rings (SSSR count). The van der Waals surface area contributed by atoms with E-state index in [1.165, 1.54) is 11.3 Å². The molecule has 0 unspecified atom stereocenters. The number of furan rings is 1. The van der Waals surface area contributed by atoms with E-state index in [4.69, 9.17) is 4.42 Å². The topological polar surface area (TPSA) is 67.2 Å². The minimum absolute atomic E-state index is 0.215. The Hall–Kier alpha value is -2.74. The average molecular weight is 349 g/mol. The lowest BCUT2D eigenvalue weighted by Crippen LogP contribution is -2.28. The predicted octanol–water partition coefficient (Wildman–Crippen LogP) is 4.31. The van der Waals surface area contributed by atoms with Gasteiger partial charge in [-0.15, -0.1) is 11.3 Å². The summed E-state index contributed by atoms with van der Waals surface area (Å²) in [6.45, 7) is 2.04. The van der Waals surface area contributed by atoms with Crippen molar-refractivity contribution in [3.63, 3.8) is 0 Å². The molecule has 0 radical (unpaired) electrons. The molecule has 0 bridgehead atoms. The number of aryl methyl sites for hydroxylation is 1. The maximum Gasteiger partial charge on any atom is 0.319 e. The highest BCUT2D eigenvalue weighted by atomic mass is 32.1. The monoisotopic (exact) mass is 349 g/mol. The normalized spacial score (nSPS) is 10.6. The number of thiazole rings is 1. The Morgan fingerprint density at radius 3 is 2.92 bits per heavy atom. The van der Waals surface area contributed by atoms with Gasteiger partial charge in [0.2, 0.25) is 0 Å². The highest BCUT2D eigenvalue weighted by Crippen LogP contribution is 2.28. The van der Waals surface area contributed by atoms with E-state index in [-0.39, 0.29) is 12.2 Å². The van der Waals surface area contributed by atoms with Crippen LogP contribution in [0.3, 0.4) is 0 Å². The Labute approximate surface area is 140 Å². The number of amides is 2. The summed E-state index contributed by atoms with van der Waals surface area (Å²) in [7, 11) is 0. The van der Waals surface area contributed by atoms with E-state index in [1.54, 1.807) is 18.4 Å².